The molecule has 3 N–H and O–H groups in total. The molecule has 20 heavy (non-hydrogen) atoms. The molecule has 0 aromatic carbocycles. The van der Waals surface area contributed by atoms with Crippen molar-refractivity contribution >= 4 is 5.91 Å². The summed E-state index contributed by atoms with van der Waals surface area (Å²) in [5.41, 5.74) is 5.56. The van der Waals surface area contributed by atoms with Gasteiger partial charge < -0.3 is 16.0 Å². The van der Waals surface area contributed by atoms with Gasteiger partial charge in [-0.05, 0) is 43.7 Å². The molecule has 1 fully saturated rings. The van der Waals surface area contributed by atoms with Crippen LogP contribution >= 0.6 is 0 Å². The molecule has 1 aliphatic rings. The van der Waals surface area contributed by atoms with Gasteiger partial charge in [0.25, 0.3) is 0 Å². The first-order valence-corrected chi connectivity index (χ1v) is 8.04. The number of nitrogens with two attached hydrogens (primary N) is 1. The van der Waals surface area contributed by atoms with Crippen LogP contribution in [0, 0.1) is 11.3 Å². The molecule has 0 spiro atoms. The van der Waals surface area contributed by atoms with Crippen LogP contribution in [0.4, 0.5) is 0 Å². The molecule has 2 unspecified atom stereocenters. The van der Waals surface area contributed by atoms with Gasteiger partial charge in [-0.2, -0.15) is 0 Å². The fourth-order valence-corrected chi connectivity index (χ4v) is 3.58. The number of carbonyl (C=O) groups is 1. The van der Waals surface area contributed by atoms with Crippen molar-refractivity contribution < 1.29 is 4.79 Å². The highest BCUT2D eigenvalue weighted by Gasteiger charge is 2.47. The van der Waals surface area contributed by atoms with Crippen molar-refractivity contribution in [3.8, 4) is 0 Å². The first-order valence-electron chi connectivity index (χ1n) is 8.04. The Labute approximate surface area is 124 Å². The van der Waals surface area contributed by atoms with Crippen LogP contribution in [-0.2, 0) is 4.79 Å². The predicted octanol–water partition coefficient (Wildman–Crippen LogP) is 1.99. The Morgan fingerprint density at radius 1 is 1.30 bits per heavy atom. The molecule has 0 radical (unpaired) electrons. The highest BCUT2D eigenvalue weighted by molar-refractivity contribution is 5.85. The molecule has 2 atom stereocenters. The molecule has 118 valence electrons. The summed E-state index contributed by atoms with van der Waals surface area (Å²) in [4.78, 5) is 14.4. The molecule has 4 heteroatoms. The molecule has 1 saturated carbocycles. The van der Waals surface area contributed by atoms with E-state index in [-0.39, 0.29) is 5.91 Å². The van der Waals surface area contributed by atoms with Crippen molar-refractivity contribution in [1.29, 1.82) is 0 Å². The van der Waals surface area contributed by atoms with Crippen molar-refractivity contribution in [1.82, 2.24) is 10.2 Å². The lowest BCUT2D eigenvalue weighted by Crippen LogP contribution is -2.63. The average Bonchev–Trinajstić information content (AvgIpc) is 2.36. The summed E-state index contributed by atoms with van der Waals surface area (Å²) in [5.74, 6) is 0.112. The van der Waals surface area contributed by atoms with Gasteiger partial charge in [-0.1, -0.05) is 34.6 Å². The average molecular weight is 283 g/mol. The Hall–Kier alpha value is -0.610. The van der Waals surface area contributed by atoms with Crippen molar-refractivity contribution in [2.45, 2.75) is 59.4 Å². The van der Waals surface area contributed by atoms with Gasteiger partial charge in [0.15, 0.2) is 0 Å². The second-order valence-corrected chi connectivity index (χ2v) is 7.06. The molecule has 1 aliphatic carbocycles. The van der Waals surface area contributed by atoms with Crippen LogP contribution in [0.5, 0.6) is 0 Å². The summed E-state index contributed by atoms with van der Waals surface area (Å²) >= 11 is 0. The third-order valence-electron chi connectivity index (χ3n) is 5.10. The summed E-state index contributed by atoms with van der Waals surface area (Å²) in [6, 6.07) is 0. The van der Waals surface area contributed by atoms with E-state index in [1.54, 1.807) is 0 Å². The molecule has 4 nitrogen and oxygen atoms in total. The van der Waals surface area contributed by atoms with E-state index in [0.29, 0.717) is 11.3 Å². The zero-order valence-electron chi connectivity index (χ0n) is 14.0. The van der Waals surface area contributed by atoms with Crippen molar-refractivity contribution in [2.24, 2.45) is 17.1 Å². The van der Waals surface area contributed by atoms with Gasteiger partial charge in [-0.3, -0.25) is 4.79 Å². The molecule has 0 aliphatic heterocycles. The highest BCUT2D eigenvalue weighted by atomic mass is 16.1. The van der Waals surface area contributed by atoms with E-state index in [2.05, 4.69) is 44.8 Å². The number of hydrogen-bond acceptors (Lipinski definition) is 3. The standard InChI is InChI=1S/C16H33N3O/c1-6-19(7-2)11-10-18-16(14(17)20)9-8-15(4,5)12-13(16)3/h13,18H,6-12H2,1-5H3,(H2,17,20). The molecule has 0 saturated heterocycles. The van der Waals surface area contributed by atoms with Crippen molar-refractivity contribution in [3.05, 3.63) is 0 Å². The summed E-state index contributed by atoms with van der Waals surface area (Å²) in [7, 11) is 0. The maximum Gasteiger partial charge on any atom is 0.238 e. The number of nitrogens with one attached hydrogen (secondary N) is 1. The summed E-state index contributed by atoms with van der Waals surface area (Å²) in [6.07, 6.45) is 2.96. The largest absolute Gasteiger partial charge is 0.368 e. The molecule has 1 amide bonds. The normalized spacial score (nSPS) is 29.6. The summed E-state index contributed by atoms with van der Waals surface area (Å²) in [6.45, 7) is 14.9. The van der Waals surface area contributed by atoms with Gasteiger partial charge in [0, 0.05) is 13.1 Å². The van der Waals surface area contributed by atoms with Crippen LogP contribution in [0.25, 0.3) is 0 Å². The number of nitrogens with zero attached hydrogens (tertiary/aromatic N) is 1. The van der Waals surface area contributed by atoms with Crippen molar-refractivity contribution in [2.75, 3.05) is 26.2 Å². The molecular weight excluding hydrogens is 250 g/mol. The van der Waals surface area contributed by atoms with Gasteiger partial charge in [-0.25, -0.2) is 0 Å². The summed E-state index contributed by atoms with van der Waals surface area (Å²) < 4.78 is 0. The second-order valence-electron chi connectivity index (χ2n) is 7.06. The maximum atomic E-state index is 12.1. The number of rotatable bonds is 7. The van der Waals surface area contributed by atoms with Gasteiger partial charge in [0.2, 0.25) is 5.91 Å². The predicted molar refractivity (Wildman–Crippen MR) is 84.5 cm³/mol. The molecule has 1 rings (SSSR count). The lowest BCUT2D eigenvalue weighted by Gasteiger charge is -2.47. The number of hydrogen-bond donors (Lipinski definition) is 2. The van der Waals surface area contributed by atoms with Gasteiger partial charge in [0.1, 0.15) is 5.54 Å². The van der Waals surface area contributed by atoms with Crippen LogP contribution in [-0.4, -0.2) is 42.5 Å². The topological polar surface area (TPSA) is 58.4 Å². The lowest BCUT2D eigenvalue weighted by atomic mass is 9.63. The smallest absolute Gasteiger partial charge is 0.238 e. The van der Waals surface area contributed by atoms with E-state index in [1.807, 2.05) is 0 Å². The Balaban J connectivity index is 2.67. The summed E-state index contributed by atoms with van der Waals surface area (Å²) in [5, 5.41) is 3.50. The number of primary amides is 1. The molecule has 0 bridgehead atoms. The fraction of sp³-hybridized carbons (Fsp3) is 0.938. The highest BCUT2D eigenvalue weighted by Crippen LogP contribution is 2.43. The SMILES string of the molecule is CCN(CC)CCNC1(C(N)=O)CCC(C)(C)CC1C. The van der Waals surface area contributed by atoms with Gasteiger partial charge in [0.05, 0.1) is 0 Å². The van der Waals surface area contributed by atoms with Crippen LogP contribution in [0.15, 0.2) is 0 Å². The van der Waals surface area contributed by atoms with E-state index in [9.17, 15) is 4.79 Å². The van der Waals surface area contributed by atoms with Crippen LogP contribution in [0.2, 0.25) is 0 Å². The fourth-order valence-electron chi connectivity index (χ4n) is 3.58. The van der Waals surface area contributed by atoms with Crippen LogP contribution in [0.3, 0.4) is 0 Å². The minimum Gasteiger partial charge on any atom is -0.368 e. The molecule has 0 heterocycles. The lowest BCUT2D eigenvalue weighted by molar-refractivity contribution is -0.129. The van der Waals surface area contributed by atoms with E-state index < -0.39 is 5.54 Å². The number of carbonyl (C=O) groups excluding carboxylic acids is 1. The van der Waals surface area contributed by atoms with Gasteiger partial charge >= 0.3 is 0 Å². The minimum absolute atomic E-state index is 0.181. The van der Waals surface area contributed by atoms with E-state index in [0.717, 1.165) is 45.4 Å². The molecule has 0 aromatic rings. The third-order valence-corrected chi connectivity index (χ3v) is 5.10. The quantitative estimate of drug-likeness (QED) is 0.751. The van der Waals surface area contributed by atoms with E-state index in [1.165, 1.54) is 0 Å². The van der Waals surface area contributed by atoms with Gasteiger partial charge in [-0.15, -0.1) is 0 Å². The Kier molecular flexibility index (Phi) is 6.02. The van der Waals surface area contributed by atoms with Crippen LogP contribution in [0.1, 0.15) is 53.9 Å². The number of amides is 1. The maximum absolute atomic E-state index is 12.1. The first-order chi connectivity index (χ1) is 9.27. The Bertz CT molecular complexity index is 326. The second kappa shape index (κ2) is 6.90. The van der Waals surface area contributed by atoms with Crippen LogP contribution < -0.4 is 11.1 Å². The monoisotopic (exact) mass is 283 g/mol. The molecular formula is C16H33N3O. The first kappa shape index (κ1) is 17.4. The Morgan fingerprint density at radius 2 is 1.90 bits per heavy atom. The van der Waals surface area contributed by atoms with Crippen molar-refractivity contribution in [3.63, 3.8) is 0 Å². The third kappa shape index (κ3) is 3.95. The zero-order chi connectivity index (χ0) is 15.4. The Morgan fingerprint density at radius 3 is 2.35 bits per heavy atom. The van der Waals surface area contributed by atoms with E-state index in [4.69, 9.17) is 5.73 Å². The molecule has 0 aromatic heterocycles. The minimum atomic E-state index is -0.511. The van der Waals surface area contributed by atoms with E-state index >= 15 is 0 Å². The number of likely N-dealkylation sites (N-methyl/N-ethyl adjacent to an activating group) is 1. The zero-order valence-corrected chi connectivity index (χ0v) is 14.0.